The van der Waals surface area contributed by atoms with Crippen LogP contribution in [0.1, 0.15) is 22.8 Å². The van der Waals surface area contributed by atoms with Crippen LogP contribution in [0, 0.1) is 23.0 Å². The third kappa shape index (κ3) is 5.71. The summed E-state index contributed by atoms with van der Waals surface area (Å²) in [6.45, 7) is 1.34. The van der Waals surface area contributed by atoms with Crippen LogP contribution in [0.2, 0.25) is 0 Å². The number of carbonyl (C=O) groups is 2. The van der Waals surface area contributed by atoms with Gasteiger partial charge in [0.25, 0.3) is 15.9 Å². The van der Waals surface area contributed by atoms with E-state index in [-0.39, 0.29) is 16.8 Å². The molecule has 0 aliphatic rings. The van der Waals surface area contributed by atoms with Gasteiger partial charge in [-0.05, 0) is 54.8 Å². The molecule has 0 spiro atoms. The van der Waals surface area contributed by atoms with E-state index >= 15 is 0 Å². The molecule has 2 aromatic carbocycles. The summed E-state index contributed by atoms with van der Waals surface area (Å²) in [7, 11) is -4.27. The van der Waals surface area contributed by atoms with E-state index in [1.165, 1.54) is 31.2 Å². The maximum Gasteiger partial charge on any atom is 0.338 e. The molecule has 0 fully saturated rings. The van der Waals surface area contributed by atoms with Gasteiger partial charge in [-0.25, -0.2) is 22.0 Å². The first-order chi connectivity index (χ1) is 15.6. The zero-order valence-corrected chi connectivity index (χ0v) is 18.5. The molecular weight excluding hydrogens is 476 g/mol. The minimum atomic E-state index is -4.27. The maximum atomic E-state index is 13.4. The Balaban J connectivity index is 1.69. The number of nitriles is 1. The molecule has 12 heteroatoms. The van der Waals surface area contributed by atoms with Crippen molar-refractivity contribution in [2.24, 2.45) is 0 Å². The number of esters is 1. The number of halogens is 2. The fourth-order valence-corrected chi connectivity index (χ4v) is 4.36. The number of thiophene rings is 1. The summed E-state index contributed by atoms with van der Waals surface area (Å²) in [5.74, 6) is -4.08. The molecule has 0 bridgehead atoms. The summed E-state index contributed by atoms with van der Waals surface area (Å²) in [4.78, 5) is 24.2. The molecule has 1 aromatic heterocycles. The Hall–Kier alpha value is -3.82. The molecule has 33 heavy (non-hydrogen) atoms. The number of benzene rings is 2. The molecule has 1 atom stereocenters. The van der Waals surface area contributed by atoms with Crippen molar-refractivity contribution in [2.75, 3.05) is 10.0 Å². The van der Waals surface area contributed by atoms with E-state index in [1.54, 1.807) is 5.38 Å². The molecule has 8 nitrogen and oxygen atoms in total. The molecule has 0 radical (unpaired) electrons. The summed E-state index contributed by atoms with van der Waals surface area (Å²) in [5, 5.41) is 13.4. The zero-order chi connectivity index (χ0) is 24.2. The Morgan fingerprint density at radius 3 is 2.58 bits per heavy atom. The van der Waals surface area contributed by atoms with Crippen molar-refractivity contribution < 1.29 is 31.5 Å². The number of nitrogens with zero attached hydrogens (tertiary/aromatic N) is 1. The van der Waals surface area contributed by atoms with Crippen LogP contribution in [0.25, 0.3) is 0 Å². The predicted molar refractivity (Wildman–Crippen MR) is 116 cm³/mol. The fraction of sp³-hybridized carbons (Fsp3) is 0.0952. The van der Waals surface area contributed by atoms with Gasteiger partial charge in [0.15, 0.2) is 17.7 Å². The lowest BCUT2D eigenvalue weighted by Crippen LogP contribution is -2.30. The van der Waals surface area contributed by atoms with Gasteiger partial charge < -0.3 is 10.1 Å². The van der Waals surface area contributed by atoms with Gasteiger partial charge in [-0.3, -0.25) is 9.52 Å². The van der Waals surface area contributed by atoms with Gasteiger partial charge in [0.1, 0.15) is 11.1 Å². The first-order valence-electron chi connectivity index (χ1n) is 9.18. The highest BCUT2D eigenvalue weighted by Gasteiger charge is 2.22. The second-order valence-corrected chi connectivity index (χ2v) is 9.17. The van der Waals surface area contributed by atoms with Crippen LogP contribution >= 0.6 is 11.3 Å². The normalized spacial score (nSPS) is 11.8. The summed E-state index contributed by atoms with van der Waals surface area (Å²) < 4.78 is 58.6. The number of anilines is 2. The predicted octanol–water partition coefficient (Wildman–Crippen LogP) is 3.88. The number of hydrogen-bond acceptors (Lipinski definition) is 7. The molecular formula is C21H15F2N3O5S2. The van der Waals surface area contributed by atoms with Gasteiger partial charge in [0, 0.05) is 5.69 Å². The van der Waals surface area contributed by atoms with Crippen molar-refractivity contribution in [2.45, 2.75) is 17.9 Å². The van der Waals surface area contributed by atoms with Gasteiger partial charge in [-0.15, -0.1) is 11.3 Å². The summed E-state index contributed by atoms with van der Waals surface area (Å²) in [5.41, 5.74) is 0.172. The van der Waals surface area contributed by atoms with Crippen LogP contribution in [0.15, 0.2) is 58.8 Å². The van der Waals surface area contributed by atoms with Crippen LogP contribution < -0.4 is 10.0 Å². The lowest BCUT2D eigenvalue weighted by atomic mass is 10.2. The van der Waals surface area contributed by atoms with E-state index in [4.69, 9.17) is 10.00 Å². The van der Waals surface area contributed by atoms with Gasteiger partial charge >= 0.3 is 5.97 Å². The lowest BCUT2D eigenvalue weighted by molar-refractivity contribution is -0.123. The van der Waals surface area contributed by atoms with E-state index < -0.39 is 44.5 Å². The van der Waals surface area contributed by atoms with Gasteiger partial charge in [0.2, 0.25) is 0 Å². The molecule has 3 aromatic rings. The Labute approximate surface area is 191 Å². The maximum absolute atomic E-state index is 13.4. The third-order valence-corrected chi connectivity index (χ3v) is 6.44. The Morgan fingerprint density at radius 2 is 1.88 bits per heavy atom. The standard InChI is InChI=1S/C21H15F2N3O5S2/c1-12(19(27)25-20-14(11-24)7-8-32-20)31-21(28)13-3-2-4-15(9-13)26-33(29,30)16-5-6-17(22)18(23)10-16/h2-10,12,26H,1H3,(H,25,27). The Kier molecular flexibility index (Phi) is 7.05. The van der Waals surface area contributed by atoms with Crippen molar-refractivity contribution in [1.29, 1.82) is 5.26 Å². The average molecular weight is 491 g/mol. The molecule has 1 unspecified atom stereocenters. The highest BCUT2D eigenvalue weighted by molar-refractivity contribution is 7.92. The number of sulfonamides is 1. The van der Waals surface area contributed by atoms with Crippen molar-refractivity contribution in [3.63, 3.8) is 0 Å². The second kappa shape index (κ2) is 9.76. The fourth-order valence-electron chi connectivity index (χ4n) is 2.56. The monoisotopic (exact) mass is 491 g/mol. The molecule has 2 N–H and O–H groups in total. The third-order valence-electron chi connectivity index (χ3n) is 4.23. The van der Waals surface area contributed by atoms with Crippen LogP contribution in [0.5, 0.6) is 0 Å². The van der Waals surface area contributed by atoms with Crippen LogP contribution in [0.3, 0.4) is 0 Å². The number of hydrogen-bond donors (Lipinski definition) is 2. The minimum Gasteiger partial charge on any atom is -0.449 e. The van der Waals surface area contributed by atoms with Gasteiger partial charge in [-0.1, -0.05) is 6.07 Å². The lowest BCUT2D eigenvalue weighted by Gasteiger charge is -2.14. The topological polar surface area (TPSA) is 125 Å². The van der Waals surface area contributed by atoms with E-state index in [0.717, 1.165) is 23.5 Å². The number of ether oxygens (including phenoxy) is 1. The highest BCUT2D eigenvalue weighted by atomic mass is 32.2. The van der Waals surface area contributed by atoms with Crippen molar-refractivity contribution in [3.8, 4) is 6.07 Å². The van der Waals surface area contributed by atoms with Crippen molar-refractivity contribution in [3.05, 3.63) is 76.7 Å². The number of nitrogens with one attached hydrogen (secondary N) is 2. The van der Waals surface area contributed by atoms with Gasteiger partial charge in [-0.2, -0.15) is 5.26 Å². The molecule has 0 saturated carbocycles. The number of rotatable bonds is 7. The molecule has 0 aliphatic heterocycles. The van der Waals surface area contributed by atoms with Crippen LogP contribution in [0.4, 0.5) is 19.5 Å². The zero-order valence-electron chi connectivity index (χ0n) is 16.8. The highest BCUT2D eigenvalue weighted by Crippen LogP contribution is 2.23. The van der Waals surface area contributed by atoms with E-state index in [9.17, 15) is 26.8 Å². The largest absolute Gasteiger partial charge is 0.449 e. The first-order valence-corrected chi connectivity index (χ1v) is 11.5. The second-order valence-electron chi connectivity index (χ2n) is 6.57. The molecule has 1 amide bonds. The molecule has 170 valence electrons. The number of amides is 1. The van der Waals surface area contributed by atoms with Crippen LogP contribution in [-0.4, -0.2) is 26.4 Å². The minimum absolute atomic E-state index is 0.0384. The van der Waals surface area contributed by atoms with E-state index in [1.807, 2.05) is 6.07 Å². The van der Waals surface area contributed by atoms with E-state index in [0.29, 0.717) is 17.1 Å². The summed E-state index contributed by atoms with van der Waals surface area (Å²) in [6.07, 6.45) is -1.21. The summed E-state index contributed by atoms with van der Waals surface area (Å²) in [6, 6.07) is 10.8. The van der Waals surface area contributed by atoms with Crippen LogP contribution in [-0.2, 0) is 19.6 Å². The quantitative estimate of drug-likeness (QED) is 0.483. The first kappa shape index (κ1) is 23.8. The average Bonchev–Trinajstić information content (AvgIpc) is 3.22. The number of carbonyl (C=O) groups excluding carboxylic acids is 2. The Bertz CT molecular complexity index is 1370. The van der Waals surface area contributed by atoms with E-state index in [2.05, 4.69) is 10.0 Å². The molecule has 1 heterocycles. The Morgan fingerprint density at radius 1 is 1.12 bits per heavy atom. The molecule has 0 aliphatic carbocycles. The SMILES string of the molecule is CC(OC(=O)c1cccc(NS(=O)(=O)c2ccc(F)c(F)c2)c1)C(=O)Nc1sccc1C#N. The van der Waals surface area contributed by atoms with Crippen molar-refractivity contribution >= 4 is 43.9 Å². The molecule has 3 rings (SSSR count). The summed E-state index contributed by atoms with van der Waals surface area (Å²) >= 11 is 1.14. The van der Waals surface area contributed by atoms with Crippen molar-refractivity contribution in [1.82, 2.24) is 0 Å². The molecule has 0 saturated heterocycles. The smallest absolute Gasteiger partial charge is 0.338 e. The van der Waals surface area contributed by atoms with Gasteiger partial charge in [0.05, 0.1) is 16.0 Å².